The summed E-state index contributed by atoms with van der Waals surface area (Å²) in [6, 6.07) is 4.22. The van der Waals surface area contributed by atoms with Crippen LogP contribution in [0.5, 0.6) is 0 Å². The molecule has 138 valence electrons. The maximum absolute atomic E-state index is 13.5. The van der Waals surface area contributed by atoms with E-state index in [9.17, 15) is 8.78 Å². The van der Waals surface area contributed by atoms with Gasteiger partial charge in [-0.05, 0) is 30.4 Å². The number of hydrogen-bond donors (Lipinski definition) is 2. The molecule has 0 saturated carbocycles. The van der Waals surface area contributed by atoms with Crippen LogP contribution in [0, 0.1) is 17.6 Å². The predicted molar refractivity (Wildman–Crippen MR) is 105 cm³/mol. The fourth-order valence-electron chi connectivity index (χ4n) is 1.98. The first-order chi connectivity index (χ1) is 11.0. The lowest BCUT2D eigenvalue weighted by molar-refractivity contribution is 0.108. The van der Waals surface area contributed by atoms with E-state index in [1.54, 1.807) is 13.1 Å². The lowest BCUT2D eigenvalue weighted by atomic mass is 10.1. The molecule has 4 nitrogen and oxygen atoms in total. The second-order valence-electron chi connectivity index (χ2n) is 5.71. The molecule has 0 aromatic heterocycles. The smallest absolute Gasteiger partial charge is 0.190 e. The van der Waals surface area contributed by atoms with Crippen molar-refractivity contribution in [3.8, 4) is 0 Å². The maximum Gasteiger partial charge on any atom is 0.190 e. The average Bonchev–Trinajstić information content (AvgIpc) is 2.52. The van der Waals surface area contributed by atoms with Crippen LogP contribution in [0.1, 0.15) is 25.8 Å². The molecule has 0 aliphatic heterocycles. The molecular weight excluding hydrogens is 427 g/mol. The van der Waals surface area contributed by atoms with Crippen molar-refractivity contribution in [2.24, 2.45) is 10.9 Å². The van der Waals surface area contributed by atoms with Gasteiger partial charge >= 0.3 is 0 Å². The highest BCUT2D eigenvalue weighted by Crippen LogP contribution is 2.11. The van der Waals surface area contributed by atoms with Gasteiger partial charge < -0.3 is 15.4 Å². The van der Waals surface area contributed by atoms with Crippen LogP contribution in [0.4, 0.5) is 8.78 Å². The molecule has 24 heavy (non-hydrogen) atoms. The Labute approximate surface area is 160 Å². The van der Waals surface area contributed by atoms with Crippen LogP contribution in [-0.4, -0.2) is 39.3 Å². The Balaban J connectivity index is 0.00000529. The summed E-state index contributed by atoms with van der Waals surface area (Å²) in [7, 11) is 1.67. The quantitative estimate of drug-likeness (QED) is 0.260. The van der Waals surface area contributed by atoms with Crippen LogP contribution in [-0.2, 0) is 11.2 Å². The Kier molecular flexibility index (Phi) is 12.8. The molecule has 1 aromatic carbocycles. The van der Waals surface area contributed by atoms with Crippen molar-refractivity contribution in [1.29, 1.82) is 0 Å². The van der Waals surface area contributed by atoms with Crippen molar-refractivity contribution in [3.05, 3.63) is 35.4 Å². The highest BCUT2D eigenvalue weighted by molar-refractivity contribution is 14.0. The number of nitrogens with zero attached hydrogens (tertiary/aromatic N) is 1. The number of ether oxygens (including phenoxy) is 1. The van der Waals surface area contributed by atoms with E-state index in [1.807, 2.05) is 0 Å². The standard InChI is InChI=1S/C17H27F2N3O.HI/c1-13(2)12-23-11-5-9-21-17(20-3)22-10-8-14-6-4-7-15(18)16(14)19;/h4,6-7,13H,5,8-12H2,1-3H3,(H2,20,21,22);1H. The number of nitrogens with one attached hydrogen (secondary N) is 2. The van der Waals surface area contributed by atoms with E-state index in [4.69, 9.17) is 4.74 Å². The zero-order valence-electron chi connectivity index (χ0n) is 14.6. The van der Waals surface area contributed by atoms with Crippen LogP contribution in [0.15, 0.2) is 23.2 Å². The predicted octanol–water partition coefficient (Wildman–Crippen LogP) is 3.35. The Hall–Kier alpha value is -0.960. The zero-order valence-corrected chi connectivity index (χ0v) is 16.9. The molecular formula is C17H28F2IN3O. The molecule has 0 radical (unpaired) electrons. The summed E-state index contributed by atoms with van der Waals surface area (Å²) in [4.78, 5) is 4.09. The summed E-state index contributed by atoms with van der Waals surface area (Å²) in [5, 5.41) is 6.24. The molecule has 0 spiro atoms. The van der Waals surface area contributed by atoms with Gasteiger partial charge in [0.1, 0.15) is 0 Å². The van der Waals surface area contributed by atoms with E-state index in [1.165, 1.54) is 6.07 Å². The fourth-order valence-corrected chi connectivity index (χ4v) is 1.98. The number of halogens is 3. The number of rotatable bonds is 9. The van der Waals surface area contributed by atoms with Gasteiger partial charge in [0.15, 0.2) is 17.6 Å². The zero-order chi connectivity index (χ0) is 17.1. The van der Waals surface area contributed by atoms with Gasteiger partial charge in [-0.2, -0.15) is 0 Å². The van der Waals surface area contributed by atoms with Crippen LogP contribution in [0.3, 0.4) is 0 Å². The molecule has 0 fully saturated rings. The average molecular weight is 455 g/mol. The van der Waals surface area contributed by atoms with Gasteiger partial charge in [-0.1, -0.05) is 26.0 Å². The number of hydrogen-bond acceptors (Lipinski definition) is 2. The molecule has 7 heteroatoms. The monoisotopic (exact) mass is 455 g/mol. The summed E-state index contributed by atoms with van der Waals surface area (Å²) >= 11 is 0. The third-order valence-corrected chi connectivity index (χ3v) is 3.15. The van der Waals surface area contributed by atoms with Gasteiger partial charge in [0.25, 0.3) is 0 Å². The van der Waals surface area contributed by atoms with E-state index in [-0.39, 0.29) is 24.0 Å². The number of benzene rings is 1. The Morgan fingerprint density at radius 2 is 1.92 bits per heavy atom. The SMILES string of the molecule is CN=C(NCCCOCC(C)C)NCCc1cccc(F)c1F.I. The summed E-state index contributed by atoms with van der Waals surface area (Å²) in [5.41, 5.74) is 0.357. The van der Waals surface area contributed by atoms with Crippen molar-refractivity contribution in [1.82, 2.24) is 10.6 Å². The molecule has 0 unspecified atom stereocenters. The Bertz CT molecular complexity index is 499. The third kappa shape index (κ3) is 9.36. The van der Waals surface area contributed by atoms with E-state index >= 15 is 0 Å². The summed E-state index contributed by atoms with van der Waals surface area (Å²) in [5.74, 6) is -0.405. The fraction of sp³-hybridized carbons (Fsp3) is 0.588. The lowest BCUT2D eigenvalue weighted by Crippen LogP contribution is -2.39. The highest BCUT2D eigenvalue weighted by Gasteiger charge is 2.07. The highest BCUT2D eigenvalue weighted by atomic mass is 127. The van der Waals surface area contributed by atoms with Gasteiger partial charge in [0, 0.05) is 33.4 Å². The molecule has 0 heterocycles. The van der Waals surface area contributed by atoms with Gasteiger partial charge in [-0.15, -0.1) is 24.0 Å². The second-order valence-corrected chi connectivity index (χ2v) is 5.71. The molecule has 0 amide bonds. The molecule has 0 saturated heterocycles. The van der Waals surface area contributed by atoms with E-state index < -0.39 is 11.6 Å². The first-order valence-corrected chi connectivity index (χ1v) is 7.99. The molecule has 0 aliphatic rings. The Morgan fingerprint density at radius 1 is 1.21 bits per heavy atom. The molecule has 0 atom stereocenters. The van der Waals surface area contributed by atoms with E-state index in [2.05, 4.69) is 29.5 Å². The Morgan fingerprint density at radius 3 is 2.58 bits per heavy atom. The van der Waals surface area contributed by atoms with Crippen molar-refractivity contribution in [3.63, 3.8) is 0 Å². The topological polar surface area (TPSA) is 45.7 Å². The molecule has 0 bridgehead atoms. The van der Waals surface area contributed by atoms with Gasteiger partial charge in [0.05, 0.1) is 0 Å². The van der Waals surface area contributed by atoms with Crippen molar-refractivity contribution < 1.29 is 13.5 Å². The van der Waals surface area contributed by atoms with Gasteiger partial charge in [0.2, 0.25) is 0 Å². The van der Waals surface area contributed by atoms with Crippen molar-refractivity contribution in [2.75, 3.05) is 33.4 Å². The first-order valence-electron chi connectivity index (χ1n) is 7.99. The lowest BCUT2D eigenvalue weighted by Gasteiger charge is -2.12. The van der Waals surface area contributed by atoms with Gasteiger partial charge in [-0.25, -0.2) is 8.78 Å². The molecule has 0 aliphatic carbocycles. The van der Waals surface area contributed by atoms with Crippen LogP contribution >= 0.6 is 24.0 Å². The minimum absolute atomic E-state index is 0. The van der Waals surface area contributed by atoms with Crippen LogP contribution in [0.2, 0.25) is 0 Å². The van der Waals surface area contributed by atoms with Crippen molar-refractivity contribution >= 4 is 29.9 Å². The first kappa shape index (κ1) is 23.0. The maximum atomic E-state index is 13.5. The van der Waals surface area contributed by atoms with Crippen molar-refractivity contribution in [2.45, 2.75) is 26.7 Å². The normalized spacial score (nSPS) is 11.3. The molecule has 2 N–H and O–H groups in total. The minimum Gasteiger partial charge on any atom is -0.381 e. The van der Waals surface area contributed by atoms with Crippen LogP contribution < -0.4 is 10.6 Å². The third-order valence-electron chi connectivity index (χ3n) is 3.15. The van der Waals surface area contributed by atoms with Gasteiger partial charge in [-0.3, -0.25) is 4.99 Å². The summed E-state index contributed by atoms with van der Waals surface area (Å²) < 4.78 is 32.1. The summed E-state index contributed by atoms with van der Waals surface area (Å²) in [6.45, 7) is 6.93. The second kappa shape index (κ2) is 13.3. The van der Waals surface area contributed by atoms with E-state index in [0.717, 1.165) is 25.6 Å². The largest absolute Gasteiger partial charge is 0.381 e. The van der Waals surface area contributed by atoms with E-state index in [0.29, 0.717) is 37.0 Å². The molecule has 1 aromatic rings. The molecule has 1 rings (SSSR count). The number of aliphatic imine (C=N–C) groups is 1. The summed E-state index contributed by atoms with van der Waals surface area (Å²) in [6.07, 6.45) is 1.27. The van der Waals surface area contributed by atoms with Crippen LogP contribution in [0.25, 0.3) is 0 Å². The number of guanidine groups is 1. The minimum atomic E-state index is -0.814.